The molecule has 0 bridgehead atoms. The molecule has 0 aliphatic heterocycles. The van der Waals surface area contributed by atoms with Crippen LogP contribution in [-0.2, 0) is 23.3 Å². The predicted molar refractivity (Wildman–Crippen MR) is 200 cm³/mol. The molecule has 0 saturated heterocycles. The maximum absolute atomic E-state index is 3.06. The number of rotatable bonds is 5. The van der Waals surface area contributed by atoms with Gasteiger partial charge in [0.2, 0.25) is 0 Å². The fourth-order valence-corrected chi connectivity index (χ4v) is 5.78. The summed E-state index contributed by atoms with van der Waals surface area (Å²) in [5.41, 5.74) is 12.2. The van der Waals surface area contributed by atoms with E-state index in [1.54, 1.807) is 0 Å². The van der Waals surface area contributed by atoms with Crippen molar-refractivity contribution in [2.45, 2.75) is 73.1 Å². The van der Waals surface area contributed by atoms with E-state index in [4.69, 9.17) is 0 Å². The Morgan fingerprint density at radius 2 is 1.07 bits per heavy atom. The quantitative estimate of drug-likeness (QED) is 0.125. The van der Waals surface area contributed by atoms with E-state index in [1.807, 2.05) is 0 Å². The second kappa shape index (κ2) is 17.2. The number of hydrogen-bond acceptors (Lipinski definition) is 0. The van der Waals surface area contributed by atoms with Crippen molar-refractivity contribution in [3.05, 3.63) is 146 Å². The minimum absolute atomic E-state index is 0. The molecule has 0 N–H and O–H groups in total. The molecule has 6 rings (SSSR count). The van der Waals surface area contributed by atoms with Crippen LogP contribution in [0.25, 0.3) is 43.8 Å². The van der Waals surface area contributed by atoms with Crippen LogP contribution >= 0.6 is 0 Å². The van der Waals surface area contributed by atoms with E-state index in [1.165, 1.54) is 95.0 Å². The van der Waals surface area contributed by atoms with Gasteiger partial charge in [0.05, 0.1) is 0 Å². The van der Waals surface area contributed by atoms with Crippen molar-refractivity contribution in [3.8, 4) is 22.3 Å². The summed E-state index contributed by atoms with van der Waals surface area (Å²) in [6.07, 6.45) is 0. The zero-order chi connectivity index (χ0) is 31.3. The number of hydrogen-bond donors (Lipinski definition) is 0. The first-order chi connectivity index (χ1) is 20.6. The van der Waals surface area contributed by atoms with Gasteiger partial charge in [0, 0.05) is 0 Å². The third kappa shape index (κ3) is 8.93. The van der Waals surface area contributed by atoms with Crippen LogP contribution in [0.5, 0.6) is 0 Å². The Balaban J connectivity index is 0.000000285. The van der Waals surface area contributed by atoms with Crippen molar-refractivity contribution in [3.63, 3.8) is 0 Å². The Morgan fingerprint density at radius 1 is 0.556 bits per heavy atom. The SMILES string of the molecule is CC(C)c1ccc(-c2cccc3[cH-]c(C(C)C)cc23)cc1.Cc1cc2c(-c3ccc(C(C)C)cc3)ccc(C)c2[cH-]1.[CH3-].[CH3-].[Si]=[Zr]. The van der Waals surface area contributed by atoms with Gasteiger partial charge in [-0.25, -0.2) is 0 Å². The van der Waals surface area contributed by atoms with E-state index in [-0.39, 0.29) is 14.9 Å². The molecular weight excluding hydrogens is 636 g/mol. The van der Waals surface area contributed by atoms with Crippen molar-refractivity contribution in [1.82, 2.24) is 0 Å². The summed E-state index contributed by atoms with van der Waals surface area (Å²) in [7, 11) is 0. The predicted octanol–water partition coefficient (Wildman–Crippen LogP) is 13.0. The van der Waals surface area contributed by atoms with Gasteiger partial charge in [-0.3, -0.25) is 0 Å². The van der Waals surface area contributed by atoms with Gasteiger partial charge in [-0.15, -0.1) is 68.6 Å². The first kappa shape index (κ1) is 38.4. The second-order valence-electron chi connectivity index (χ2n) is 12.6. The van der Waals surface area contributed by atoms with Gasteiger partial charge >= 0.3 is 30.2 Å². The summed E-state index contributed by atoms with van der Waals surface area (Å²) in [6.45, 7) is 20.9. The Bertz CT molecular complexity index is 1780. The van der Waals surface area contributed by atoms with Gasteiger partial charge in [-0.05, 0) is 40.0 Å². The van der Waals surface area contributed by atoms with Gasteiger partial charge in [-0.2, -0.15) is 12.1 Å². The molecule has 0 fully saturated rings. The van der Waals surface area contributed by atoms with Crippen LogP contribution in [-0.4, -0.2) is 6.88 Å². The van der Waals surface area contributed by atoms with Crippen molar-refractivity contribution in [2.24, 2.45) is 0 Å². The van der Waals surface area contributed by atoms with Crippen LogP contribution in [0.2, 0.25) is 0 Å². The number of fused-ring (bicyclic) bond motifs is 2. The molecule has 0 nitrogen and oxygen atoms in total. The van der Waals surface area contributed by atoms with Crippen LogP contribution in [0.1, 0.15) is 87.1 Å². The molecule has 2 heteroatoms. The van der Waals surface area contributed by atoms with Crippen LogP contribution in [0, 0.1) is 28.7 Å². The normalized spacial score (nSPS) is 10.6. The zero-order valence-electron chi connectivity index (χ0n) is 29.0. The fourth-order valence-electron chi connectivity index (χ4n) is 5.78. The average molecular weight is 686 g/mol. The van der Waals surface area contributed by atoms with Crippen LogP contribution in [0.15, 0.2) is 103 Å². The standard InChI is InChI=1S/C21H23.C20H21.2CH3.Si.Zr/c1-14(2)16-8-10-17(11-9-16)20-7-5-6-18-12-19(15(3)4)13-21(18)20;1-13(2)16-6-8-17(9-7-16)18-10-5-15(4)19-11-14(3)12-20(18)19;;;;/h5-15H,1-4H3;5-13H,1-4H3;2*1H3;;/q4*-1;;. The molecule has 0 heterocycles. The van der Waals surface area contributed by atoms with E-state index in [0.717, 1.165) is 0 Å². The minimum atomic E-state index is 0. The molecule has 0 amide bonds. The fraction of sp³-hybridized carbons (Fsp3) is 0.256. The molecule has 2 radical (unpaired) electrons. The summed E-state index contributed by atoms with van der Waals surface area (Å²) >= 11 is 1.36. The van der Waals surface area contributed by atoms with Gasteiger partial charge < -0.3 is 14.9 Å². The molecule has 0 spiro atoms. The van der Waals surface area contributed by atoms with Gasteiger partial charge in [0.15, 0.2) is 0 Å². The summed E-state index contributed by atoms with van der Waals surface area (Å²) < 4.78 is 0. The monoisotopic (exact) mass is 684 g/mol. The van der Waals surface area contributed by atoms with Crippen molar-refractivity contribution in [2.75, 3.05) is 0 Å². The molecule has 6 aromatic rings. The van der Waals surface area contributed by atoms with Crippen LogP contribution in [0.3, 0.4) is 0 Å². The summed E-state index contributed by atoms with van der Waals surface area (Å²) in [5.74, 6) is 1.75. The molecule has 45 heavy (non-hydrogen) atoms. The van der Waals surface area contributed by atoms with E-state index < -0.39 is 0 Å². The second-order valence-corrected chi connectivity index (χ2v) is 12.6. The Kier molecular flexibility index (Phi) is 14.7. The van der Waals surface area contributed by atoms with Crippen molar-refractivity contribution < 1.29 is 23.3 Å². The van der Waals surface area contributed by atoms with Gasteiger partial charge in [-0.1, -0.05) is 127 Å². The van der Waals surface area contributed by atoms with Crippen LogP contribution < -0.4 is 0 Å². The van der Waals surface area contributed by atoms with Crippen molar-refractivity contribution in [1.29, 1.82) is 0 Å². The molecule has 0 aliphatic rings. The van der Waals surface area contributed by atoms with Gasteiger partial charge in [0.25, 0.3) is 0 Å². The van der Waals surface area contributed by atoms with E-state index in [9.17, 15) is 0 Å². The Hall–Kier alpha value is -2.80. The first-order valence-electron chi connectivity index (χ1n) is 15.4. The molecule has 0 atom stereocenters. The Labute approximate surface area is 291 Å². The first-order valence-corrected chi connectivity index (χ1v) is 19.6. The summed E-state index contributed by atoms with van der Waals surface area (Å²) in [5, 5.41) is 5.48. The molecule has 0 unspecified atom stereocenters. The Morgan fingerprint density at radius 3 is 1.56 bits per heavy atom. The zero-order valence-corrected chi connectivity index (χ0v) is 32.5. The molecule has 6 aromatic carbocycles. The topological polar surface area (TPSA) is 0 Å². The van der Waals surface area contributed by atoms with Gasteiger partial charge in [0.1, 0.15) is 0 Å². The molecule has 0 aromatic heterocycles. The van der Waals surface area contributed by atoms with E-state index in [2.05, 4.69) is 165 Å². The van der Waals surface area contributed by atoms with E-state index >= 15 is 0 Å². The molecule has 234 valence electrons. The molecular formula is C43H50SiZr-4. The number of aryl methyl sites for hydroxylation is 2. The third-order valence-corrected chi connectivity index (χ3v) is 8.47. The average Bonchev–Trinajstić information content (AvgIpc) is 3.63. The van der Waals surface area contributed by atoms with Crippen molar-refractivity contribution >= 4 is 28.4 Å². The van der Waals surface area contributed by atoms with E-state index in [0.29, 0.717) is 17.8 Å². The molecule has 0 aliphatic carbocycles. The maximum atomic E-state index is 3.06. The molecule has 0 saturated carbocycles. The summed E-state index contributed by atoms with van der Waals surface area (Å²) in [6, 6.07) is 38.4. The number of benzene rings is 4. The van der Waals surface area contributed by atoms with Crippen LogP contribution in [0.4, 0.5) is 0 Å². The third-order valence-electron chi connectivity index (χ3n) is 8.47. The summed E-state index contributed by atoms with van der Waals surface area (Å²) in [4.78, 5) is 0.